The molecule has 1 heterocycles. The molecule has 10 rings (SSSR count). The molecule has 0 aromatic heterocycles. The van der Waals surface area contributed by atoms with Gasteiger partial charge in [0.15, 0.2) is 0 Å². The predicted molar refractivity (Wildman–Crippen MR) is 226 cm³/mol. The van der Waals surface area contributed by atoms with Crippen LogP contribution in [0, 0.1) is 0 Å². The van der Waals surface area contributed by atoms with Crippen LogP contribution in [-0.2, 0) is 0 Å². The molecule has 0 unspecified atom stereocenters. The molecule has 0 spiro atoms. The summed E-state index contributed by atoms with van der Waals surface area (Å²) in [6.45, 7) is 0. The fraction of sp³-hybridized carbons (Fsp3) is 0. The minimum Gasteiger partial charge on any atom is -0.455 e. The largest absolute Gasteiger partial charge is 0.455 e. The van der Waals surface area contributed by atoms with Gasteiger partial charge in [0.1, 0.15) is 11.5 Å². The van der Waals surface area contributed by atoms with E-state index in [1.165, 1.54) is 22.3 Å². The first-order chi connectivity index (χ1) is 26.8. The average Bonchev–Trinajstić information content (AvgIpc) is 3.39. The molecule has 9 aromatic carbocycles. The third-order valence-electron chi connectivity index (χ3n) is 10.5. The summed E-state index contributed by atoms with van der Waals surface area (Å²) in [7, 11) is 0. The van der Waals surface area contributed by atoms with Gasteiger partial charge in [-0.1, -0.05) is 164 Å². The Morgan fingerprint density at radius 3 is 1.65 bits per heavy atom. The summed E-state index contributed by atoms with van der Waals surface area (Å²) >= 11 is 0. The van der Waals surface area contributed by atoms with Gasteiger partial charge in [-0.25, -0.2) is 0 Å². The zero-order chi connectivity index (χ0) is 35.8. The molecule has 2 nitrogen and oxygen atoms in total. The maximum atomic E-state index is 6.98. The smallest absolute Gasteiger partial charge is 0.143 e. The molecular weight excluding hydrogens is 655 g/mol. The van der Waals surface area contributed by atoms with Crippen LogP contribution in [0.5, 0.6) is 11.5 Å². The molecule has 1 aliphatic heterocycles. The minimum atomic E-state index is 0.839. The molecule has 0 amide bonds. The van der Waals surface area contributed by atoms with Crippen molar-refractivity contribution < 1.29 is 4.74 Å². The number of anilines is 3. The van der Waals surface area contributed by atoms with Crippen molar-refractivity contribution in [1.82, 2.24) is 0 Å². The summed E-state index contributed by atoms with van der Waals surface area (Å²) in [5.74, 6) is 1.72. The summed E-state index contributed by atoms with van der Waals surface area (Å²) in [5, 5.41) is 2.25. The number of nitrogens with zero attached hydrogens (tertiary/aromatic N) is 1. The molecule has 9 aromatic rings. The fourth-order valence-electron chi connectivity index (χ4n) is 7.83. The first-order valence-electron chi connectivity index (χ1n) is 18.4. The lowest BCUT2D eigenvalue weighted by atomic mass is 9.91. The molecule has 0 N–H and O–H groups in total. The standard InChI is InChI=1S/C52H35NO/c1-4-14-36(15-5-1)38-24-28-42(29-25-38)53(50-23-13-12-21-44(50)39-18-8-3-9-19-39)43-30-32-46-47-31-26-40-20-10-11-22-45(40)52(47)54-51-33-27-41(34-49(51)48(46)35-43)37-16-6-2-7-17-37/h1-35H. The Bertz CT molecular complexity index is 2770. The monoisotopic (exact) mass is 689 g/mol. The Hall–Kier alpha value is -7.16. The lowest BCUT2D eigenvalue weighted by Gasteiger charge is -2.29. The van der Waals surface area contributed by atoms with Crippen LogP contribution in [0.25, 0.3) is 66.4 Å². The highest BCUT2D eigenvalue weighted by Gasteiger charge is 2.26. The minimum absolute atomic E-state index is 0.839. The molecule has 0 fully saturated rings. The normalized spacial score (nSPS) is 11.5. The van der Waals surface area contributed by atoms with E-state index in [1.54, 1.807) is 0 Å². The number of hydrogen-bond donors (Lipinski definition) is 0. The molecule has 254 valence electrons. The van der Waals surface area contributed by atoms with Gasteiger partial charge in [-0.15, -0.1) is 0 Å². The molecule has 2 heteroatoms. The van der Waals surface area contributed by atoms with Crippen molar-refractivity contribution in [3.05, 3.63) is 212 Å². The Morgan fingerprint density at radius 1 is 0.315 bits per heavy atom. The molecule has 0 aliphatic carbocycles. The second-order valence-corrected chi connectivity index (χ2v) is 13.7. The van der Waals surface area contributed by atoms with E-state index in [2.05, 4.69) is 217 Å². The van der Waals surface area contributed by atoms with Crippen LogP contribution in [0.4, 0.5) is 17.1 Å². The van der Waals surface area contributed by atoms with Crippen molar-refractivity contribution in [3.63, 3.8) is 0 Å². The topological polar surface area (TPSA) is 12.5 Å². The molecule has 0 saturated carbocycles. The number of rotatable bonds is 6. The highest BCUT2D eigenvalue weighted by atomic mass is 16.5. The third kappa shape index (κ3) is 5.62. The Balaban J connectivity index is 1.22. The number of fused-ring (bicyclic) bond motifs is 7. The molecule has 0 radical (unpaired) electrons. The van der Waals surface area contributed by atoms with Crippen molar-refractivity contribution in [1.29, 1.82) is 0 Å². The van der Waals surface area contributed by atoms with Gasteiger partial charge >= 0.3 is 0 Å². The van der Waals surface area contributed by atoms with Crippen LogP contribution >= 0.6 is 0 Å². The SMILES string of the molecule is c1ccc(-c2ccc(N(c3ccc4c(c3)-c3cc(-c5ccccc5)ccc3Oc3c-4ccc4ccccc34)c3ccccc3-c3ccccc3)cc2)cc1. The molecule has 1 aliphatic rings. The quantitative estimate of drug-likeness (QED) is 0.172. The zero-order valence-corrected chi connectivity index (χ0v) is 29.6. The fourth-order valence-corrected chi connectivity index (χ4v) is 7.83. The number of benzene rings is 9. The van der Waals surface area contributed by atoms with E-state index < -0.39 is 0 Å². The van der Waals surface area contributed by atoms with Crippen LogP contribution in [-0.4, -0.2) is 0 Å². The van der Waals surface area contributed by atoms with Gasteiger partial charge in [-0.05, 0) is 92.9 Å². The number of para-hydroxylation sites is 1. The zero-order valence-electron chi connectivity index (χ0n) is 29.6. The molecule has 54 heavy (non-hydrogen) atoms. The van der Waals surface area contributed by atoms with Crippen LogP contribution in [0.15, 0.2) is 212 Å². The highest BCUT2D eigenvalue weighted by Crippen LogP contribution is 2.52. The van der Waals surface area contributed by atoms with Gasteiger partial charge in [0.2, 0.25) is 0 Å². The van der Waals surface area contributed by atoms with E-state index >= 15 is 0 Å². The summed E-state index contributed by atoms with van der Waals surface area (Å²) in [6, 6.07) is 75.8. The number of hydrogen-bond acceptors (Lipinski definition) is 2. The maximum absolute atomic E-state index is 6.98. The first-order valence-corrected chi connectivity index (χ1v) is 18.4. The molecular formula is C52H35NO. The average molecular weight is 690 g/mol. The highest BCUT2D eigenvalue weighted by molar-refractivity contribution is 6.02. The van der Waals surface area contributed by atoms with Crippen LogP contribution in [0.2, 0.25) is 0 Å². The Morgan fingerprint density at radius 2 is 0.889 bits per heavy atom. The van der Waals surface area contributed by atoms with Crippen LogP contribution in [0.1, 0.15) is 0 Å². The van der Waals surface area contributed by atoms with E-state index in [0.29, 0.717) is 0 Å². The van der Waals surface area contributed by atoms with Gasteiger partial charge in [0.25, 0.3) is 0 Å². The second kappa shape index (κ2) is 13.4. The second-order valence-electron chi connectivity index (χ2n) is 13.7. The molecule has 0 bridgehead atoms. The van der Waals surface area contributed by atoms with E-state index in [4.69, 9.17) is 4.74 Å². The van der Waals surface area contributed by atoms with Crippen molar-refractivity contribution in [3.8, 4) is 67.1 Å². The Labute approximate surface area is 315 Å². The third-order valence-corrected chi connectivity index (χ3v) is 10.5. The first kappa shape index (κ1) is 31.6. The summed E-state index contributed by atoms with van der Waals surface area (Å²) in [5.41, 5.74) is 14.7. The summed E-state index contributed by atoms with van der Waals surface area (Å²) < 4.78 is 6.98. The van der Waals surface area contributed by atoms with Crippen molar-refractivity contribution >= 4 is 27.8 Å². The molecule has 0 saturated heterocycles. The maximum Gasteiger partial charge on any atom is 0.143 e. The van der Waals surface area contributed by atoms with E-state index in [9.17, 15) is 0 Å². The van der Waals surface area contributed by atoms with Crippen molar-refractivity contribution in [2.24, 2.45) is 0 Å². The summed E-state index contributed by atoms with van der Waals surface area (Å²) in [4.78, 5) is 2.39. The molecule has 0 atom stereocenters. The van der Waals surface area contributed by atoms with Crippen LogP contribution < -0.4 is 9.64 Å². The van der Waals surface area contributed by atoms with Crippen LogP contribution in [0.3, 0.4) is 0 Å². The predicted octanol–water partition coefficient (Wildman–Crippen LogP) is 14.8. The van der Waals surface area contributed by atoms with Gasteiger partial charge in [0.05, 0.1) is 5.69 Å². The van der Waals surface area contributed by atoms with Gasteiger partial charge in [0, 0.05) is 33.5 Å². The van der Waals surface area contributed by atoms with Gasteiger partial charge < -0.3 is 9.64 Å². The van der Waals surface area contributed by atoms with Crippen molar-refractivity contribution in [2.45, 2.75) is 0 Å². The lowest BCUT2D eigenvalue weighted by molar-refractivity contribution is 0.493. The van der Waals surface area contributed by atoms with Crippen molar-refractivity contribution in [2.75, 3.05) is 4.90 Å². The Kier molecular flexibility index (Phi) is 7.85. The van der Waals surface area contributed by atoms with Gasteiger partial charge in [-0.3, -0.25) is 0 Å². The number of ether oxygens (including phenoxy) is 1. The van der Waals surface area contributed by atoms with E-state index in [-0.39, 0.29) is 0 Å². The lowest BCUT2D eigenvalue weighted by Crippen LogP contribution is -2.11. The summed E-state index contributed by atoms with van der Waals surface area (Å²) in [6.07, 6.45) is 0. The van der Waals surface area contributed by atoms with E-state index in [0.717, 1.165) is 72.7 Å². The van der Waals surface area contributed by atoms with Gasteiger partial charge in [-0.2, -0.15) is 0 Å². The van der Waals surface area contributed by atoms with E-state index in [1.807, 2.05) is 0 Å².